The van der Waals surface area contributed by atoms with Gasteiger partial charge in [0.1, 0.15) is 0 Å². The summed E-state index contributed by atoms with van der Waals surface area (Å²) in [6, 6.07) is 15.5. The van der Waals surface area contributed by atoms with Crippen LogP contribution in [-0.2, 0) is 0 Å². The van der Waals surface area contributed by atoms with Crippen LogP contribution in [0.25, 0.3) is 4.91 Å². The molecule has 0 bridgehead atoms. The second kappa shape index (κ2) is 10.7. The number of H-pyrrole nitrogens is 1. The fourth-order valence-electron chi connectivity index (χ4n) is 6.31. The first-order valence-corrected chi connectivity index (χ1v) is 14.4. The van der Waals surface area contributed by atoms with Gasteiger partial charge < -0.3 is 4.98 Å². The Morgan fingerprint density at radius 1 is 0.882 bits per heavy atom. The molecule has 3 heteroatoms. The minimum absolute atomic E-state index is 0.614. The molecule has 2 aliphatic carbocycles. The van der Waals surface area contributed by atoms with Gasteiger partial charge in [-0.05, 0) is 67.0 Å². The molecule has 0 saturated heterocycles. The summed E-state index contributed by atoms with van der Waals surface area (Å²) in [5.74, 6) is 2.76. The van der Waals surface area contributed by atoms with E-state index >= 15 is 0 Å². The van der Waals surface area contributed by atoms with Crippen molar-refractivity contribution in [1.29, 1.82) is 0 Å². The molecule has 0 spiro atoms. The van der Waals surface area contributed by atoms with Gasteiger partial charge in [0.05, 0.1) is 16.3 Å². The Balaban J connectivity index is 1.54. The second-order valence-corrected chi connectivity index (χ2v) is 11.8. The first-order valence-electron chi connectivity index (χ1n) is 13.6. The molecule has 1 aromatic heterocycles. The SMILES string of the molecule is CCC1=CC(=C(Sc2ccccc2)c2ccc(C3CCCCC3C)[nH]2)N=C1C1CCCCC1C. The maximum atomic E-state index is 5.39. The van der Waals surface area contributed by atoms with E-state index in [1.807, 2.05) is 11.8 Å². The first-order chi connectivity index (χ1) is 16.6. The van der Waals surface area contributed by atoms with Gasteiger partial charge >= 0.3 is 0 Å². The summed E-state index contributed by atoms with van der Waals surface area (Å²) in [5.41, 5.74) is 6.63. The van der Waals surface area contributed by atoms with Gasteiger partial charge in [-0.1, -0.05) is 89.3 Å². The number of hydrogen-bond acceptors (Lipinski definition) is 2. The number of benzene rings is 1. The minimum atomic E-state index is 0.614. The van der Waals surface area contributed by atoms with E-state index in [1.165, 1.54) is 83.8 Å². The third-order valence-corrected chi connectivity index (χ3v) is 9.53. The number of hydrogen-bond donors (Lipinski definition) is 1. The predicted octanol–water partition coefficient (Wildman–Crippen LogP) is 9.39. The molecule has 5 rings (SSSR count). The lowest BCUT2D eigenvalue weighted by Crippen LogP contribution is -2.25. The standard InChI is InChI=1S/C31H40N2S/c1-4-23-20-29(33-30(23)26-17-11-9-13-22(26)3)31(34-24-14-6-5-7-15-24)28-19-18-27(32-28)25-16-10-8-12-21(25)2/h5-7,14-15,18-22,25-26,32H,4,8-13,16-17H2,1-3H3. The molecule has 2 aromatic rings. The van der Waals surface area contributed by atoms with E-state index in [9.17, 15) is 0 Å². The van der Waals surface area contributed by atoms with Crippen LogP contribution in [0.4, 0.5) is 0 Å². The molecule has 180 valence electrons. The molecule has 3 aliphatic rings. The van der Waals surface area contributed by atoms with Crippen molar-refractivity contribution < 1.29 is 0 Å². The van der Waals surface area contributed by atoms with Crippen LogP contribution in [0.3, 0.4) is 0 Å². The van der Waals surface area contributed by atoms with Crippen LogP contribution in [0, 0.1) is 17.8 Å². The zero-order valence-corrected chi connectivity index (χ0v) is 22.0. The molecule has 0 radical (unpaired) electrons. The highest BCUT2D eigenvalue weighted by molar-refractivity contribution is 8.08. The van der Waals surface area contributed by atoms with Gasteiger partial charge in [-0.3, -0.25) is 4.99 Å². The van der Waals surface area contributed by atoms with Gasteiger partial charge in [0, 0.05) is 28.1 Å². The maximum Gasteiger partial charge on any atom is 0.0797 e. The number of allylic oxidation sites excluding steroid dienone is 2. The summed E-state index contributed by atoms with van der Waals surface area (Å²) in [6.07, 6.45) is 14.2. The minimum Gasteiger partial charge on any atom is -0.358 e. The van der Waals surface area contributed by atoms with E-state index < -0.39 is 0 Å². The lowest BCUT2D eigenvalue weighted by molar-refractivity contribution is 0.324. The van der Waals surface area contributed by atoms with Crippen LogP contribution in [0.5, 0.6) is 0 Å². The molecule has 4 unspecified atom stereocenters. The molecule has 1 N–H and O–H groups in total. The Hall–Kier alpha value is -2.00. The maximum absolute atomic E-state index is 5.39. The summed E-state index contributed by atoms with van der Waals surface area (Å²) in [5, 5.41) is 0. The van der Waals surface area contributed by atoms with Gasteiger partial charge in [0.2, 0.25) is 0 Å². The van der Waals surface area contributed by atoms with Crippen molar-refractivity contribution in [3.63, 3.8) is 0 Å². The Morgan fingerprint density at radius 3 is 2.24 bits per heavy atom. The van der Waals surface area contributed by atoms with Crippen molar-refractivity contribution in [1.82, 2.24) is 4.98 Å². The molecule has 1 aromatic carbocycles. The molecule has 2 nitrogen and oxygen atoms in total. The normalized spacial score (nSPS) is 29.0. The molecular weight excluding hydrogens is 432 g/mol. The predicted molar refractivity (Wildman–Crippen MR) is 147 cm³/mol. The highest BCUT2D eigenvalue weighted by Gasteiger charge is 2.31. The Labute approximate surface area is 210 Å². The Bertz CT molecular complexity index is 1070. The fraction of sp³-hybridized carbons (Fsp3) is 0.516. The summed E-state index contributed by atoms with van der Waals surface area (Å²) in [7, 11) is 0. The Kier molecular flexibility index (Phi) is 7.49. The third-order valence-electron chi connectivity index (χ3n) is 8.38. The van der Waals surface area contributed by atoms with Crippen LogP contribution < -0.4 is 0 Å². The fourth-order valence-corrected chi connectivity index (χ4v) is 7.27. The van der Waals surface area contributed by atoms with E-state index in [0.29, 0.717) is 11.8 Å². The molecule has 2 saturated carbocycles. The van der Waals surface area contributed by atoms with Crippen LogP contribution in [-0.4, -0.2) is 10.7 Å². The average Bonchev–Trinajstić information content (AvgIpc) is 3.51. The summed E-state index contributed by atoms with van der Waals surface area (Å²) < 4.78 is 0. The van der Waals surface area contributed by atoms with Crippen LogP contribution >= 0.6 is 11.8 Å². The van der Waals surface area contributed by atoms with E-state index in [0.717, 1.165) is 24.0 Å². The lowest BCUT2D eigenvalue weighted by atomic mass is 9.76. The van der Waals surface area contributed by atoms with E-state index in [1.54, 1.807) is 0 Å². The van der Waals surface area contributed by atoms with Crippen molar-refractivity contribution in [2.24, 2.45) is 22.7 Å². The summed E-state index contributed by atoms with van der Waals surface area (Å²) in [6.45, 7) is 7.15. The van der Waals surface area contributed by atoms with E-state index in [4.69, 9.17) is 4.99 Å². The topological polar surface area (TPSA) is 28.1 Å². The van der Waals surface area contributed by atoms with Crippen molar-refractivity contribution >= 4 is 22.4 Å². The highest BCUT2D eigenvalue weighted by atomic mass is 32.2. The molecule has 2 fully saturated rings. The van der Waals surface area contributed by atoms with Crippen molar-refractivity contribution in [3.8, 4) is 0 Å². The van der Waals surface area contributed by atoms with Gasteiger partial charge in [-0.15, -0.1) is 0 Å². The number of nitrogens with one attached hydrogen (secondary N) is 1. The van der Waals surface area contributed by atoms with Gasteiger partial charge in [0.25, 0.3) is 0 Å². The second-order valence-electron chi connectivity index (χ2n) is 10.7. The molecular formula is C31H40N2S. The number of aliphatic imine (C=N–C) groups is 1. The number of aromatic nitrogens is 1. The summed E-state index contributed by atoms with van der Waals surface area (Å²) in [4.78, 5) is 11.8. The quantitative estimate of drug-likeness (QED) is 0.417. The zero-order valence-electron chi connectivity index (χ0n) is 21.1. The molecule has 4 atom stereocenters. The van der Waals surface area contributed by atoms with E-state index in [-0.39, 0.29) is 0 Å². The van der Waals surface area contributed by atoms with Gasteiger partial charge in [-0.2, -0.15) is 0 Å². The van der Waals surface area contributed by atoms with Crippen molar-refractivity contribution in [2.75, 3.05) is 0 Å². The first kappa shape index (κ1) is 23.7. The largest absolute Gasteiger partial charge is 0.358 e. The van der Waals surface area contributed by atoms with Crippen LogP contribution in [0.15, 0.2) is 69.7 Å². The molecule has 2 heterocycles. The number of nitrogens with zero attached hydrogens (tertiary/aromatic N) is 1. The number of rotatable bonds is 6. The van der Waals surface area contributed by atoms with Crippen molar-refractivity contribution in [2.45, 2.75) is 89.4 Å². The van der Waals surface area contributed by atoms with Crippen LogP contribution in [0.2, 0.25) is 0 Å². The van der Waals surface area contributed by atoms with E-state index in [2.05, 4.69) is 74.3 Å². The van der Waals surface area contributed by atoms with Gasteiger partial charge in [-0.25, -0.2) is 0 Å². The van der Waals surface area contributed by atoms with Crippen LogP contribution in [0.1, 0.15) is 95.9 Å². The lowest BCUT2D eigenvalue weighted by Gasteiger charge is -2.29. The zero-order chi connectivity index (χ0) is 23.5. The third kappa shape index (κ3) is 5.00. The smallest absolute Gasteiger partial charge is 0.0797 e. The highest BCUT2D eigenvalue weighted by Crippen LogP contribution is 2.44. The monoisotopic (exact) mass is 472 g/mol. The molecule has 1 aliphatic heterocycles. The Morgan fingerprint density at radius 2 is 1.56 bits per heavy atom. The number of aromatic amines is 1. The van der Waals surface area contributed by atoms with Gasteiger partial charge in [0.15, 0.2) is 0 Å². The average molecular weight is 473 g/mol. The molecule has 0 amide bonds. The molecule has 34 heavy (non-hydrogen) atoms. The number of thioether (sulfide) groups is 1. The van der Waals surface area contributed by atoms with Crippen molar-refractivity contribution in [3.05, 3.63) is 71.2 Å². The summed E-state index contributed by atoms with van der Waals surface area (Å²) >= 11 is 1.86.